The fourth-order valence-corrected chi connectivity index (χ4v) is 4.80. The molecule has 0 saturated heterocycles. The molecule has 0 aliphatic heterocycles. The number of hydrogen-bond acceptors (Lipinski definition) is 3. The number of carboxylic acids is 1. The average Bonchev–Trinajstić information content (AvgIpc) is 3.12. The van der Waals surface area contributed by atoms with E-state index in [1.54, 1.807) is 42.1 Å². The summed E-state index contributed by atoms with van der Waals surface area (Å²) in [7, 11) is 1.78. The van der Waals surface area contributed by atoms with Crippen molar-refractivity contribution < 1.29 is 19.1 Å². The first kappa shape index (κ1) is 22.0. The van der Waals surface area contributed by atoms with Crippen molar-refractivity contribution in [3.63, 3.8) is 0 Å². The number of carbonyl (C=O) groups excluding carboxylic acids is 1. The van der Waals surface area contributed by atoms with E-state index in [0.29, 0.717) is 22.6 Å². The summed E-state index contributed by atoms with van der Waals surface area (Å²) in [6.07, 6.45) is 3.77. The van der Waals surface area contributed by atoms with Gasteiger partial charge in [-0.1, -0.05) is 25.1 Å². The quantitative estimate of drug-likeness (QED) is 0.581. The Morgan fingerprint density at radius 1 is 1.16 bits per heavy atom. The molecule has 1 aromatic heterocycles. The second-order valence-electron chi connectivity index (χ2n) is 8.84. The Hall–Kier alpha value is -3.22. The topological polar surface area (TPSA) is 84.2 Å². The molecular weight excluding hydrogens is 409 g/mol. The molecule has 0 radical (unpaired) electrons. The highest BCUT2D eigenvalue weighted by Crippen LogP contribution is 2.32. The summed E-state index contributed by atoms with van der Waals surface area (Å²) in [5, 5.41) is 17.0. The average molecular weight is 438 g/mol. The van der Waals surface area contributed by atoms with Gasteiger partial charge in [0.1, 0.15) is 11.5 Å². The summed E-state index contributed by atoms with van der Waals surface area (Å²) in [6.45, 7) is 2.00. The van der Waals surface area contributed by atoms with Gasteiger partial charge >= 0.3 is 5.97 Å². The van der Waals surface area contributed by atoms with Crippen LogP contribution >= 0.6 is 0 Å². The van der Waals surface area contributed by atoms with Gasteiger partial charge in [0.15, 0.2) is 0 Å². The van der Waals surface area contributed by atoms with Crippen LogP contribution in [0.15, 0.2) is 42.5 Å². The molecule has 2 aromatic carbocycles. The number of aryl methyl sites for hydroxylation is 1. The van der Waals surface area contributed by atoms with Crippen molar-refractivity contribution in [3.8, 4) is 11.3 Å². The monoisotopic (exact) mass is 437 g/mol. The molecule has 2 N–H and O–H groups in total. The van der Waals surface area contributed by atoms with Crippen LogP contribution in [-0.4, -0.2) is 32.8 Å². The number of carbonyl (C=O) groups is 2. The first-order valence-electron chi connectivity index (χ1n) is 11.1. The smallest absolute Gasteiger partial charge is 0.303 e. The van der Waals surface area contributed by atoms with E-state index < -0.39 is 5.97 Å². The number of rotatable bonds is 6. The van der Waals surface area contributed by atoms with E-state index in [9.17, 15) is 14.0 Å². The molecule has 168 valence electrons. The number of hydrogen-bond donors (Lipinski definition) is 2. The highest BCUT2D eigenvalue weighted by molar-refractivity contribution is 5.97. The van der Waals surface area contributed by atoms with E-state index in [0.717, 1.165) is 36.8 Å². The summed E-state index contributed by atoms with van der Waals surface area (Å²) >= 11 is 0. The highest BCUT2D eigenvalue weighted by Gasteiger charge is 2.27. The van der Waals surface area contributed by atoms with Crippen molar-refractivity contribution in [2.24, 2.45) is 18.9 Å². The lowest BCUT2D eigenvalue weighted by molar-refractivity contribution is -0.138. The molecule has 1 aliphatic carbocycles. The SMILES string of the molecule is CC(CC(=O)O)[C@H]1CC[C@H](NC(=O)c2ccc(-c3nn(C)c4cccc(F)c34)cc2)CC1. The van der Waals surface area contributed by atoms with Crippen LogP contribution in [-0.2, 0) is 11.8 Å². The minimum atomic E-state index is -0.752. The van der Waals surface area contributed by atoms with Gasteiger partial charge in [-0.05, 0) is 61.8 Å². The Kier molecular flexibility index (Phi) is 6.26. The van der Waals surface area contributed by atoms with E-state index in [-0.39, 0.29) is 30.1 Å². The minimum Gasteiger partial charge on any atom is -0.481 e. The fourth-order valence-electron chi connectivity index (χ4n) is 4.80. The number of carboxylic acid groups (broad SMARTS) is 1. The van der Waals surface area contributed by atoms with E-state index in [4.69, 9.17) is 5.11 Å². The van der Waals surface area contributed by atoms with Gasteiger partial charge in [0.25, 0.3) is 5.91 Å². The number of aliphatic carboxylic acids is 1. The fraction of sp³-hybridized carbons (Fsp3) is 0.400. The van der Waals surface area contributed by atoms with Crippen molar-refractivity contribution in [1.29, 1.82) is 0 Å². The summed E-state index contributed by atoms with van der Waals surface area (Å²) in [4.78, 5) is 23.7. The number of fused-ring (bicyclic) bond motifs is 1. The maximum atomic E-state index is 14.4. The zero-order chi connectivity index (χ0) is 22.8. The van der Waals surface area contributed by atoms with Crippen molar-refractivity contribution in [3.05, 3.63) is 53.8 Å². The maximum Gasteiger partial charge on any atom is 0.303 e. The van der Waals surface area contributed by atoms with E-state index in [1.807, 2.05) is 13.0 Å². The zero-order valence-electron chi connectivity index (χ0n) is 18.3. The molecule has 7 heteroatoms. The van der Waals surface area contributed by atoms with Crippen LogP contribution in [0, 0.1) is 17.7 Å². The number of halogens is 1. The molecule has 1 aliphatic rings. The Bertz CT molecular complexity index is 1130. The third kappa shape index (κ3) is 4.52. The number of nitrogens with one attached hydrogen (secondary N) is 1. The molecule has 1 saturated carbocycles. The van der Waals surface area contributed by atoms with Crippen LogP contribution in [0.1, 0.15) is 49.4 Å². The number of nitrogens with zero attached hydrogens (tertiary/aromatic N) is 2. The first-order chi connectivity index (χ1) is 15.3. The molecule has 4 rings (SSSR count). The Balaban J connectivity index is 1.40. The molecule has 1 atom stereocenters. The third-order valence-electron chi connectivity index (χ3n) is 6.66. The molecule has 6 nitrogen and oxygen atoms in total. The lowest BCUT2D eigenvalue weighted by Gasteiger charge is -2.32. The van der Waals surface area contributed by atoms with Gasteiger partial charge in [-0.15, -0.1) is 0 Å². The lowest BCUT2D eigenvalue weighted by Crippen LogP contribution is -2.38. The molecule has 1 fully saturated rings. The van der Waals surface area contributed by atoms with Gasteiger partial charge < -0.3 is 10.4 Å². The normalized spacial score (nSPS) is 19.6. The van der Waals surface area contributed by atoms with Crippen LogP contribution < -0.4 is 5.32 Å². The van der Waals surface area contributed by atoms with Gasteiger partial charge in [-0.3, -0.25) is 14.3 Å². The van der Waals surface area contributed by atoms with Gasteiger partial charge in [-0.25, -0.2) is 4.39 Å². The van der Waals surface area contributed by atoms with E-state index in [1.165, 1.54) is 6.07 Å². The third-order valence-corrected chi connectivity index (χ3v) is 6.66. The second kappa shape index (κ2) is 9.10. The minimum absolute atomic E-state index is 0.101. The van der Waals surface area contributed by atoms with Crippen molar-refractivity contribution in [2.45, 2.75) is 45.1 Å². The van der Waals surface area contributed by atoms with E-state index >= 15 is 0 Å². The molecule has 3 aromatic rings. The summed E-state index contributed by atoms with van der Waals surface area (Å²) in [5.74, 6) is -0.648. The Labute approximate surface area is 186 Å². The Morgan fingerprint density at radius 2 is 1.84 bits per heavy atom. The van der Waals surface area contributed by atoms with Crippen molar-refractivity contribution in [1.82, 2.24) is 15.1 Å². The Morgan fingerprint density at radius 3 is 2.50 bits per heavy atom. The highest BCUT2D eigenvalue weighted by atomic mass is 19.1. The molecular formula is C25H28FN3O3. The van der Waals surface area contributed by atoms with Gasteiger partial charge in [0.05, 0.1) is 10.9 Å². The molecule has 32 heavy (non-hydrogen) atoms. The first-order valence-corrected chi connectivity index (χ1v) is 11.1. The summed E-state index contributed by atoms with van der Waals surface area (Å²) in [6, 6.07) is 12.1. The maximum absolute atomic E-state index is 14.4. The predicted octanol–water partition coefficient (Wildman–Crippen LogP) is 4.78. The largest absolute Gasteiger partial charge is 0.481 e. The standard InChI is InChI=1S/C25H28FN3O3/c1-15(14-22(30)31)16-10-12-19(13-11-16)27-25(32)18-8-6-17(7-9-18)24-23-20(26)4-3-5-21(23)29(2)28-24/h3-9,15-16,19H,10-14H2,1-2H3,(H,27,32)(H,30,31)/t15?,16-,19-. The second-order valence-corrected chi connectivity index (χ2v) is 8.84. The van der Waals surface area contributed by atoms with Crippen molar-refractivity contribution in [2.75, 3.05) is 0 Å². The van der Waals surface area contributed by atoms with E-state index in [2.05, 4.69) is 10.4 Å². The number of benzene rings is 2. The molecule has 1 unspecified atom stereocenters. The summed E-state index contributed by atoms with van der Waals surface area (Å²) < 4.78 is 16.1. The van der Waals surface area contributed by atoms with Crippen LogP contribution in [0.2, 0.25) is 0 Å². The number of aromatic nitrogens is 2. The number of amides is 1. The predicted molar refractivity (Wildman–Crippen MR) is 121 cm³/mol. The van der Waals surface area contributed by atoms with Gasteiger partial charge in [-0.2, -0.15) is 5.10 Å². The molecule has 1 heterocycles. The van der Waals surface area contributed by atoms with Crippen molar-refractivity contribution >= 4 is 22.8 Å². The van der Waals surface area contributed by atoms with Gasteiger partial charge in [0.2, 0.25) is 0 Å². The van der Waals surface area contributed by atoms with Crippen LogP contribution in [0.4, 0.5) is 4.39 Å². The lowest BCUT2D eigenvalue weighted by atomic mass is 9.77. The zero-order valence-corrected chi connectivity index (χ0v) is 18.3. The molecule has 1 amide bonds. The molecule has 0 bridgehead atoms. The van der Waals surface area contributed by atoms with Crippen LogP contribution in [0.3, 0.4) is 0 Å². The van der Waals surface area contributed by atoms with Crippen LogP contribution in [0.25, 0.3) is 22.2 Å². The molecule has 0 spiro atoms. The van der Waals surface area contributed by atoms with Gasteiger partial charge in [0, 0.05) is 30.6 Å². The summed E-state index contributed by atoms with van der Waals surface area (Å²) in [5.41, 5.74) is 2.58. The van der Waals surface area contributed by atoms with Crippen LogP contribution in [0.5, 0.6) is 0 Å².